The largest absolute Gasteiger partial charge is 0.491 e. The van der Waals surface area contributed by atoms with E-state index in [1.54, 1.807) is 14.2 Å². The molecule has 0 aliphatic heterocycles. The third-order valence-electron chi connectivity index (χ3n) is 3.78. The summed E-state index contributed by atoms with van der Waals surface area (Å²) < 4.78 is 10.7. The lowest BCUT2D eigenvalue weighted by atomic mass is 10.2. The minimum atomic E-state index is 0.434. The summed E-state index contributed by atoms with van der Waals surface area (Å²) in [6.45, 7) is 4.85. The van der Waals surface area contributed by atoms with E-state index >= 15 is 0 Å². The highest BCUT2D eigenvalue weighted by Gasteiger charge is 2.06. The molecule has 0 radical (unpaired) electrons. The van der Waals surface area contributed by atoms with Crippen molar-refractivity contribution < 1.29 is 9.47 Å². The molecule has 0 fully saturated rings. The van der Waals surface area contributed by atoms with Crippen molar-refractivity contribution in [2.24, 2.45) is 4.99 Å². The molecule has 0 heterocycles. The van der Waals surface area contributed by atoms with E-state index in [9.17, 15) is 0 Å². The summed E-state index contributed by atoms with van der Waals surface area (Å²) >= 11 is 1.85. The second kappa shape index (κ2) is 12.3. The summed E-state index contributed by atoms with van der Waals surface area (Å²) in [4.78, 5) is 5.58. The first-order chi connectivity index (χ1) is 13.2. The topological polar surface area (TPSA) is 54.9 Å². The highest BCUT2D eigenvalue weighted by atomic mass is 32.2. The third-order valence-corrected chi connectivity index (χ3v) is 4.89. The quantitative estimate of drug-likeness (QED) is 0.283. The smallest absolute Gasteiger partial charge is 0.191 e. The molecule has 0 spiro atoms. The van der Waals surface area contributed by atoms with E-state index in [1.807, 2.05) is 36.0 Å². The monoisotopic (exact) mass is 387 g/mol. The summed E-state index contributed by atoms with van der Waals surface area (Å²) in [7, 11) is 3.45. The SMILES string of the molecule is CN=C(NCc1cccc(OCCOC)c1)NCC(C)Sc1ccccc1. The molecule has 0 aliphatic carbocycles. The van der Waals surface area contributed by atoms with E-state index in [0.29, 0.717) is 25.0 Å². The molecule has 1 atom stereocenters. The van der Waals surface area contributed by atoms with Gasteiger partial charge in [-0.1, -0.05) is 37.3 Å². The molecule has 0 saturated heterocycles. The van der Waals surface area contributed by atoms with Crippen LogP contribution in [0.25, 0.3) is 0 Å². The molecule has 27 heavy (non-hydrogen) atoms. The normalized spacial score (nSPS) is 12.5. The van der Waals surface area contributed by atoms with E-state index in [0.717, 1.165) is 23.8 Å². The highest BCUT2D eigenvalue weighted by molar-refractivity contribution is 8.00. The minimum Gasteiger partial charge on any atom is -0.491 e. The Morgan fingerprint density at radius 1 is 1.07 bits per heavy atom. The maximum absolute atomic E-state index is 5.65. The van der Waals surface area contributed by atoms with Gasteiger partial charge in [0.05, 0.1) is 6.61 Å². The average Bonchev–Trinajstić information content (AvgIpc) is 2.69. The molecule has 2 aromatic rings. The molecule has 2 aromatic carbocycles. The Morgan fingerprint density at radius 3 is 2.63 bits per heavy atom. The molecule has 0 saturated carbocycles. The summed E-state index contributed by atoms with van der Waals surface area (Å²) in [5, 5.41) is 7.17. The predicted molar refractivity (Wildman–Crippen MR) is 114 cm³/mol. The number of methoxy groups -OCH3 is 1. The number of aliphatic imine (C=N–C) groups is 1. The fourth-order valence-corrected chi connectivity index (χ4v) is 3.35. The van der Waals surface area contributed by atoms with Gasteiger partial charge in [-0.25, -0.2) is 0 Å². The summed E-state index contributed by atoms with van der Waals surface area (Å²) in [6, 6.07) is 18.5. The number of nitrogens with one attached hydrogen (secondary N) is 2. The number of hydrogen-bond acceptors (Lipinski definition) is 4. The maximum atomic E-state index is 5.65. The molecule has 0 aliphatic rings. The van der Waals surface area contributed by atoms with Gasteiger partial charge in [0, 0.05) is 37.4 Å². The summed E-state index contributed by atoms with van der Waals surface area (Å²) in [5.41, 5.74) is 1.14. The van der Waals surface area contributed by atoms with Gasteiger partial charge < -0.3 is 20.1 Å². The van der Waals surface area contributed by atoms with Crippen LogP contribution in [0.5, 0.6) is 5.75 Å². The molecular weight excluding hydrogens is 358 g/mol. The average molecular weight is 388 g/mol. The standard InChI is InChI=1S/C21H29N3O2S/c1-17(27-20-10-5-4-6-11-20)15-23-21(22-2)24-16-18-8-7-9-19(14-18)26-13-12-25-3/h4-11,14,17H,12-13,15-16H2,1-3H3,(H2,22,23,24). The lowest BCUT2D eigenvalue weighted by Gasteiger charge is -2.16. The number of thioether (sulfide) groups is 1. The van der Waals surface area contributed by atoms with Crippen molar-refractivity contribution in [3.63, 3.8) is 0 Å². The second-order valence-corrected chi connectivity index (χ2v) is 7.55. The molecule has 2 N–H and O–H groups in total. The van der Waals surface area contributed by atoms with Crippen LogP contribution in [-0.4, -0.2) is 45.1 Å². The molecule has 5 nitrogen and oxygen atoms in total. The number of nitrogens with zero attached hydrogens (tertiary/aromatic N) is 1. The van der Waals surface area contributed by atoms with Gasteiger partial charge in [0.1, 0.15) is 12.4 Å². The van der Waals surface area contributed by atoms with Crippen LogP contribution in [0.4, 0.5) is 0 Å². The zero-order valence-corrected chi connectivity index (χ0v) is 17.1. The Bertz CT molecular complexity index is 695. The lowest BCUT2D eigenvalue weighted by Crippen LogP contribution is -2.39. The number of hydrogen-bond donors (Lipinski definition) is 2. The molecule has 1 unspecified atom stereocenters. The molecule has 0 amide bonds. The van der Waals surface area contributed by atoms with Crippen LogP contribution in [0.2, 0.25) is 0 Å². The van der Waals surface area contributed by atoms with Crippen molar-refractivity contribution in [3.8, 4) is 5.75 Å². The maximum Gasteiger partial charge on any atom is 0.191 e. The number of rotatable bonds is 10. The first-order valence-corrected chi connectivity index (χ1v) is 9.96. The van der Waals surface area contributed by atoms with Crippen LogP contribution in [0.3, 0.4) is 0 Å². The lowest BCUT2D eigenvalue weighted by molar-refractivity contribution is 0.146. The third kappa shape index (κ3) is 8.37. The minimum absolute atomic E-state index is 0.434. The molecular formula is C21H29N3O2S. The van der Waals surface area contributed by atoms with E-state index in [4.69, 9.17) is 9.47 Å². The van der Waals surface area contributed by atoms with Crippen molar-refractivity contribution in [1.29, 1.82) is 0 Å². The van der Waals surface area contributed by atoms with Crippen LogP contribution < -0.4 is 15.4 Å². The predicted octanol–water partition coefficient (Wildman–Crippen LogP) is 3.56. The van der Waals surface area contributed by atoms with Crippen molar-refractivity contribution in [2.75, 3.05) is 33.9 Å². The van der Waals surface area contributed by atoms with Crippen molar-refractivity contribution in [2.45, 2.75) is 23.6 Å². The first-order valence-electron chi connectivity index (χ1n) is 9.08. The molecule has 2 rings (SSSR count). The van der Waals surface area contributed by atoms with Gasteiger partial charge in [0.15, 0.2) is 5.96 Å². The van der Waals surface area contributed by atoms with Crippen LogP contribution >= 0.6 is 11.8 Å². The van der Waals surface area contributed by atoms with Gasteiger partial charge in [-0.05, 0) is 29.8 Å². The van der Waals surface area contributed by atoms with Crippen molar-refractivity contribution in [3.05, 3.63) is 60.2 Å². The van der Waals surface area contributed by atoms with Crippen LogP contribution in [0.1, 0.15) is 12.5 Å². The van der Waals surface area contributed by atoms with Crippen LogP contribution in [0.15, 0.2) is 64.5 Å². The molecule has 0 aromatic heterocycles. The van der Waals surface area contributed by atoms with E-state index in [1.165, 1.54) is 4.90 Å². The van der Waals surface area contributed by atoms with E-state index < -0.39 is 0 Å². The molecule has 146 valence electrons. The Morgan fingerprint density at radius 2 is 1.89 bits per heavy atom. The van der Waals surface area contributed by atoms with Gasteiger partial charge >= 0.3 is 0 Å². The van der Waals surface area contributed by atoms with Gasteiger partial charge in [0.2, 0.25) is 0 Å². The first kappa shape index (κ1) is 21.1. The summed E-state index contributed by atoms with van der Waals surface area (Å²) in [6.07, 6.45) is 0. The Balaban J connectivity index is 1.75. The highest BCUT2D eigenvalue weighted by Crippen LogP contribution is 2.21. The van der Waals surface area contributed by atoms with E-state index in [2.05, 4.69) is 52.9 Å². The Kier molecular flexibility index (Phi) is 9.58. The number of guanidine groups is 1. The van der Waals surface area contributed by atoms with Crippen molar-refractivity contribution >= 4 is 17.7 Å². The van der Waals surface area contributed by atoms with Gasteiger partial charge in [-0.2, -0.15) is 0 Å². The van der Waals surface area contributed by atoms with Crippen LogP contribution in [0, 0.1) is 0 Å². The van der Waals surface area contributed by atoms with E-state index in [-0.39, 0.29) is 0 Å². The molecule has 0 bridgehead atoms. The Labute approximate surface area is 166 Å². The number of benzene rings is 2. The zero-order chi connectivity index (χ0) is 19.3. The summed E-state index contributed by atoms with van der Waals surface area (Å²) in [5.74, 6) is 1.64. The van der Waals surface area contributed by atoms with Gasteiger partial charge in [-0.3, -0.25) is 4.99 Å². The second-order valence-electron chi connectivity index (χ2n) is 6.04. The zero-order valence-electron chi connectivity index (χ0n) is 16.3. The number of ether oxygens (including phenoxy) is 2. The Hall–Kier alpha value is -2.18. The fraction of sp³-hybridized carbons (Fsp3) is 0.381. The van der Waals surface area contributed by atoms with Gasteiger partial charge in [-0.15, -0.1) is 11.8 Å². The molecule has 6 heteroatoms. The van der Waals surface area contributed by atoms with Crippen molar-refractivity contribution in [1.82, 2.24) is 10.6 Å². The fourth-order valence-electron chi connectivity index (χ4n) is 2.41. The van der Waals surface area contributed by atoms with Gasteiger partial charge in [0.25, 0.3) is 0 Å². The van der Waals surface area contributed by atoms with Crippen LogP contribution in [-0.2, 0) is 11.3 Å².